The molecule has 1 aliphatic rings. The van der Waals surface area contributed by atoms with Gasteiger partial charge < -0.3 is 19.5 Å². The van der Waals surface area contributed by atoms with E-state index in [0.29, 0.717) is 50.3 Å². The Morgan fingerprint density at radius 3 is 2.79 bits per heavy atom. The molecule has 34 heavy (non-hydrogen) atoms. The molecule has 0 saturated carbocycles. The van der Waals surface area contributed by atoms with Crippen LogP contribution in [-0.4, -0.2) is 22.5 Å². The third-order valence-corrected chi connectivity index (χ3v) is 6.76. The lowest BCUT2D eigenvalue weighted by molar-refractivity contribution is 0.103. The first-order chi connectivity index (χ1) is 16.4. The van der Waals surface area contributed by atoms with E-state index >= 15 is 0 Å². The summed E-state index contributed by atoms with van der Waals surface area (Å²) >= 11 is 19.8. The van der Waals surface area contributed by atoms with Gasteiger partial charge in [-0.05, 0) is 41.3 Å². The van der Waals surface area contributed by atoms with E-state index in [1.54, 1.807) is 41.2 Å². The van der Waals surface area contributed by atoms with Crippen molar-refractivity contribution in [3.05, 3.63) is 85.1 Å². The number of nitrogens with zero attached hydrogens (tertiary/aromatic N) is 2. The van der Waals surface area contributed by atoms with Crippen LogP contribution in [0.25, 0.3) is 0 Å². The molecule has 0 spiro atoms. The molecule has 1 N–H and O–H groups in total. The highest BCUT2D eigenvalue weighted by molar-refractivity contribution is 7.12. The lowest BCUT2D eigenvalue weighted by Gasteiger charge is -2.05. The van der Waals surface area contributed by atoms with E-state index in [1.807, 2.05) is 17.5 Å². The zero-order chi connectivity index (χ0) is 23.7. The van der Waals surface area contributed by atoms with Crippen LogP contribution in [0.15, 0.2) is 54.0 Å². The van der Waals surface area contributed by atoms with E-state index in [0.717, 1.165) is 11.1 Å². The predicted octanol–water partition coefficient (Wildman–Crippen LogP) is 6.51. The molecule has 5 rings (SSSR count). The van der Waals surface area contributed by atoms with Gasteiger partial charge in [-0.15, -0.1) is 11.3 Å². The number of hydrogen-bond acceptors (Lipinski definition) is 6. The van der Waals surface area contributed by atoms with E-state index < -0.39 is 0 Å². The van der Waals surface area contributed by atoms with Gasteiger partial charge >= 0.3 is 0 Å². The molecular formula is C23H16Cl3N3O4S. The summed E-state index contributed by atoms with van der Waals surface area (Å²) in [5, 5.41) is 10.4. The number of fused-ring (bicyclic) bond motifs is 1. The molecule has 0 unspecified atom stereocenters. The second-order valence-corrected chi connectivity index (χ2v) is 9.50. The molecule has 11 heteroatoms. The van der Waals surface area contributed by atoms with Crippen LogP contribution in [-0.2, 0) is 13.2 Å². The molecule has 1 amide bonds. The van der Waals surface area contributed by atoms with Gasteiger partial charge in [-0.2, -0.15) is 5.10 Å². The summed E-state index contributed by atoms with van der Waals surface area (Å²) in [7, 11) is 0. The Balaban J connectivity index is 1.20. The number of halogens is 3. The summed E-state index contributed by atoms with van der Waals surface area (Å²) in [6.07, 6.45) is 1.63. The van der Waals surface area contributed by atoms with Crippen LogP contribution in [0.3, 0.4) is 0 Å². The van der Waals surface area contributed by atoms with Crippen LogP contribution >= 0.6 is 46.1 Å². The summed E-state index contributed by atoms with van der Waals surface area (Å²) in [5.41, 5.74) is 1.69. The number of rotatable bonds is 7. The monoisotopic (exact) mass is 535 g/mol. The number of ether oxygens (including phenoxy) is 3. The highest BCUT2D eigenvalue weighted by Crippen LogP contribution is 2.35. The summed E-state index contributed by atoms with van der Waals surface area (Å²) in [6, 6.07) is 12.4. The van der Waals surface area contributed by atoms with E-state index in [2.05, 4.69) is 10.4 Å². The summed E-state index contributed by atoms with van der Waals surface area (Å²) in [6.45, 7) is 0.894. The Kier molecular flexibility index (Phi) is 6.56. The molecule has 4 aromatic rings. The maximum atomic E-state index is 12.7. The number of thiophene rings is 1. The standard InChI is InChI=1S/C23H16Cl3N3O4S/c24-15-2-1-14(17(25)6-15)8-29-9-18(26)22(28-29)27-23(30)21-5-13(11-34-21)10-31-16-3-4-19-20(7-16)33-12-32-19/h1-7,9,11H,8,10,12H2,(H,27,28,30). The van der Waals surface area contributed by atoms with Gasteiger partial charge in [-0.25, -0.2) is 0 Å². The van der Waals surface area contributed by atoms with Crippen LogP contribution in [0, 0.1) is 0 Å². The largest absolute Gasteiger partial charge is 0.489 e. The van der Waals surface area contributed by atoms with Gasteiger partial charge in [0.1, 0.15) is 17.4 Å². The van der Waals surface area contributed by atoms with Crippen LogP contribution in [0.1, 0.15) is 20.8 Å². The van der Waals surface area contributed by atoms with Crippen molar-refractivity contribution in [1.29, 1.82) is 0 Å². The highest BCUT2D eigenvalue weighted by atomic mass is 35.5. The maximum absolute atomic E-state index is 12.7. The fourth-order valence-corrected chi connectivity index (χ4v) is 4.72. The van der Waals surface area contributed by atoms with Crippen LogP contribution in [0.5, 0.6) is 17.2 Å². The van der Waals surface area contributed by atoms with E-state index in [9.17, 15) is 4.79 Å². The van der Waals surface area contributed by atoms with Gasteiger partial charge in [0, 0.05) is 27.9 Å². The van der Waals surface area contributed by atoms with Crippen molar-refractivity contribution in [1.82, 2.24) is 9.78 Å². The summed E-state index contributed by atoms with van der Waals surface area (Å²) in [5.74, 6) is 1.95. The van der Waals surface area contributed by atoms with Crippen LogP contribution < -0.4 is 19.5 Å². The first kappa shape index (κ1) is 22.9. The molecule has 0 saturated heterocycles. The third-order valence-electron chi connectivity index (χ3n) is 4.92. The number of amides is 1. The number of aromatic nitrogens is 2. The molecule has 2 aromatic heterocycles. The average molecular weight is 537 g/mol. The average Bonchev–Trinajstić information content (AvgIpc) is 3.54. The first-order valence-corrected chi connectivity index (χ1v) is 12.0. The number of anilines is 1. The number of hydrogen-bond donors (Lipinski definition) is 1. The van der Waals surface area contributed by atoms with Crippen molar-refractivity contribution in [2.75, 3.05) is 12.1 Å². The smallest absolute Gasteiger partial charge is 0.266 e. The minimum atomic E-state index is -0.309. The quantitative estimate of drug-likeness (QED) is 0.291. The lowest BCUT2D eigenvalue weighted by Crippen LogP contribution is -2.11. The highest BCUT2D eigenvalue weighted by Gasteiger charge is 2.16. The summed E-state index contributed by atoms with van der Waals surface area (Å²) < 4.78 is 18.1. The first-order valence-electron chi connectivity index (χ1n) is 10.0. The molecule has 0 atom stereocenters. The molecule has 0 aliphatic carbocycles. The van der Waals surface area contributed by atoms with Crippen molar-refractivity contribution in [3.8, 4) is 17.2 Å². The van der Waals surface area contributed by atoms with Gasteiger partial charge in [0.25, 0.3) is 5.91 Å². The van der Waals surface area contributed by atoms with Crippen LogP contribution in [0.2, 0.25) is 15.1 Å². The molecule has 3 heterocycles. The predicted molar refractivity (Wildman–Crippen MR) is 132 cm³/mol. The molecule has 174 valence electrons. The number of benzene rings is 2. The molecular weight excluding hydrogens is 521 g/mol. The zero-order valence-corrected chi connectivity index (χ0v) is 20.5. The molecule has 0 fully saturated rings. The van der Waals surface area contributed by atoms with E-state index in [4.69, 9.17) is 49.0 Å². The SMILES string of the molecule is O=C(Nc1nn(Cc2ccc(Cl)cc2Cl)cc1Cl)c1cc(COc2ccc3c(c2)OCO3)cs1. The Morgan fingerprint density at radius 1 is 1.09 bits per heavy atom. The second kappa shape index (κ2) is 9.76. The normalized spacial score (nSPS) is 12.1. The Morgan fingerprint density at radius 2 is 1.94 bits per heavy atom. The topological polar surface area (TPSA) is 74.6 Å². The van der Waals surface area contributed by atoms with Crippen molar-refractivity contribution >= 4 is 57.9 Å². The van der Waals surface area contributed by atoms with Gasteiger partial charge in [0.15, 0.2) is 17.3 Å². The number of carbonyl (C=O) groups excluding carboxylic acids is 1. The lowest BCUT2D eigenvalue weighted by atomic mass is 10.2. The fraction of sp³-hybridized carbons (Fsp3) is 0.130. The van der Waals surface area contributed by atoms with Gasteiger partial charge in [0.05, 0.1) is 11.4 Å². The fourth-order valence-electron chi connectivity index (χ4n) is 3.26. The maximum Gasteiger partial charge on any atom is 0.266 e. The number of nitrogens with one attached hydrogen (secondary N) is 1. The van der Waals surface area contributed by atoms with E-state index in [1.165, 1.54) is 11.3 Å². The molecule has 0 radical (unpaired) electrons. The Hall–Kier alpha value is -2.91. The molecule has 1 aliphatic heterocycles. The molecule has 2 aromatic carbocycles. The molecule has 0 bridgehead atoms. The van der Waals surface area contributed by atoms with Crippen molar-refractivity contribution < 1.29 is 19.0 Å². The minimum Gasteiger partial charge on any atom is -0.489 e. The Bertz CT molecular complexity index is 1370. The summed E-state index contributed by atoms with van der Waals surface area (Å²) in [4.78, 5) is 13.2. The minimum absolute atomic E-state index is 0.207. The van der Waals surface area contributed by atoms with Crippen LogP contribution in [0.4, 0.5) is 5.82 Å². The second-order valence-electron chi connectivity index (χ2n) is 7.34. The number of carbonyl (C=O) groups is 1. The van der Waals surface area contributed by atoms with Gasteiger partial charge in [0.2, 0.25) is 6.79 Å². The van der Waals surface area contributed by atoms with Crippen molar-refractivity contribution in [2.45, 2.75) is 13.2 Å². The van der Waals surface area contributed by atoms with Crippen molar-refractivity contribution in [2.24, 2.45) is 0 Å². The van der Waals surface area contributed by atoms with Gasteiger partial charge in [-0.1, -0.05) is 40.9 Å². The van der Waals surface area contributed by atoms with E-state index in [-0.39, 0.29) is 18.5 Å². The third kappa shape index (κ3) is 5.10. The Labute approximate surface area is 213 Å². The van der Waals surface area contributed by atoms with Gasteiger partial charge in [-0.3, -0.25) is 9.48 Å². The molecule has 7 nitrogen and oxygen atoms in total. The van der Waals surface area contributed by atoms with Crippen molar-refractivity contribution in [3.63, 3.8) is 0 Å². The zero-order valence-electron chi connectivity index (χ0n) is 17.4.